The molecule has 1 aliphatic heterocycles. The maximum atomic E-state index is 11.9. The van der Waals surface area contributed by atoms with Crippen molar-refractivity contribution in [3.63, 3.8) is 0 Å². The molecule has 0 unspecified atom stereocenters. The van der Waals surface area contributed by atoms with Gasteiger partial charge in [0.15, 0.2) is 5.44 Å². The van der Waals surface area contributed by atoms with Gasteiger partial charge in [-0.2, -0.15) is 0 Å². The van der Waals surface area contributed by atoms with Crippen LogP contribution in [0.1, 0.15) is 53.9 Å². The minimum atomic E-state index is -0.271. The van der Waals surface area contributed by atoms with Crippen LogP contribution >= 0.6 is 11.8 Å². The Hall–Kier alpha value is -0.180. The summed E-state index contributed by atoms with van der Waals surface area (Å²) < 4.78 is 5.24. The first-order valence-electron chi connectivity index (χ1n) is 5.74. The second-order valence-electron chi connectivity index (χ2n) is 5.32. The molecule has 1 aliphatic rings. The number of esters is 1. The van der Waals surface area contributed by atoms with Crippen molar-refractivity contribution in [3.05, 3.63) is 0 Å². The monoisotopic (exact) mass is 230 g/mol. The van der Waals surface area contributed by atoms with E-state index >= 15 is 0 Å². The predicted molar refractivity (Wildman–Crippen MR) is 64.9 cm³/mol. The lowest BCUT2D eigenvalue weighted by molar-refractivity contribution is -0.148. The summed E-state index contributed by atoms with van der Waals surface area (Å²) in [6, 6.07) is 0. The zero-order chi connectivity index (χ0) is 11.7. The summed E-state index contributed by atoms with van der Waals surface area (Å²) in [5, 5.41) is 0. The highest BCUT2D eigenvalue weighted by Gasteiger charge is 2.51. The third kappa shape index (κ3) is 2.49. The fourth-order valence-electron chi connectivity index (χ4n) is 1.80. The molecule has 0 saturated carbocycles. The number of cyclic esters (lactones) is 1. The van der Waals surface area contributed by atoms with E-state index in [0.29, 0.717) is 0 Å². The Labute approximate surface area is 97.1 Å². The second-order valence-corrected chi connectivity index (χ2v) is 6.76. The highest BCUT2D eigenvalue weighted by atomic mass is 32.2. The van der Waals surface area contributed by atoms with Crippen LogP contribution in [0, 0.1) is 5.41 Å². The number of hydrogen-bond donors (Lipinski definition) is 0. The van der Waals surface area contributed by atoms with E-state index in [0.717, 1.165) is 19.3 Å². The zero-order valence-corrected chi connectivity index (χ0v) is 11.2. The summed E-state index contributed by atoms with van der Waals surface area (Å²) >= 11 is 1.73. The molecule has 1 rings (SSSR count). The minimum absolute atomic E-state index is 0.00299. The number of hydrogen-bond acceptors (Lipinski definition) is 3. The van der Waals surface area contributed by atoms with Gasteiger partial charge >= 0.3 is 5.97 Å². The lowest BCUT2D eigenvalue weighted by atomic mass is 9.98. The first-order valence-corrected chi connectivity index (χ1v) is 6.62. The molecule has 15 heavy (non-hydrogen) atoms. The van der Waals surface area contributed by atoms with Crippen LogP contribution in [0.4, 0.5) is 0 Å². The molecule has 0 N–H and O–H groups in total. The molecule has 0 radical (unpaired) electrons. The number of ether oxygens (including phenoxy) is 1. The van der Waals surface area contributed by atoms with Crippen molar-refractivity contribution in [1.29, 1.82) is 0 Å². The van der Waals surface area contributed by atoms with E-state index in [-0.39, 0.29) is 21.6 Å². The van der Waals surface area contributed by atoms with Gasteiger partial charge in [-0.05, 0) is 12.8 Å². The van der Waals surface area contributed by atoms with Gasteiger partial charge in [0.25, 0.3) is 0 Å². The highest BCUT2D eigenvalue weighted by Crippen LogP contribution is 2.49. The molecule has 1 heterocycles. The van der Waals surface area contributed by atoms with Gasteiger partial charge < -0.3 is 4.74 Å². The molecule has 0 spiro atoms. The molecule has 88 valence electrons. The Morgan fingerprint density at radius 1 is 1.40 bits per heavy atom. The standard InChI is InChI=1S/C12H22O2S/c1-6-8-12(7-2)9(13)14-10(15-12)11(3,4)5/h10H,6-8H2,1-5H3/t10-,12-/m1/s1. The Balaban J connectivity index is 2.82. The average Bonchev–Trinajstić information content (AvgIpc) is 2.45. The van der Waals surface area contributed by atoms with Crippen LogP contribution in [0.5, 0.6) is 0 Å². The van der Waals surface area contributed by atoms with Crippen molar-refractivity contribution >= 4 is 17.7 Å². The third-order valence-corrected chi connectivity index (χ3v) is 4.98. The maximum Gasteiger partial charge on any atom is 0.323 e. The van der Waals surface area contributed by atoms with Crippen molar-refractivity contribution < 1.29 is 9.53 Å². The van der Waals surface area contributed by atoms with Gasteiger partial charge in [0.1, 0.15) is 4.75 Å². The molecule has 1 saturated heterocycles. The lowest BCUT2D eigenvalue weighted by Gasteiger charge is -2.26. The highest BCUT2D eigenvalue weighted by molar-refractivity contribution is 8.02. The van der Waals surface area contributed by atoms with Crippen LogP contribution in [-0.2, 0) is 9.53 Å². The van der Waals surface area contributed by atoms with Gasteiger partial charge in [-0.3, -0.25) is 4.79 Å². The maximum absolute atomic E-state index is 11.9. The lowest BCUT2D eigenvalue weighted by Crippen LogP contribution is -2.30. The van der Waals surface area contributed by atoms with Crippen LogP contribution in [0.15, 0.2) is 0 Å². The summed E-state index contributed by atoms with van der Waals surface area (Å²) in [5.41, 5.74) is 0.0434. The van der Waals surface area contributed by atoms with E-state index in [1.165, 1.54) is 0 Å². The molecule has 0 amide bonds. The van der Waals surface area contributed by atoms with Crippen molar-refractivity contribution in [2.24, 2.45) is 5.41 Å². The van der Waals surface area contributed by atoms with E-state index in [1.54, 1.807) is 11.8 Å². The minimum Gasteiger partial charge on any atom is -0.450 e. The summed E-state index contributed by atoms with van der Waals surface area (Å²) in [4.78, 5) is 11.9. The van der Waals surface area contributed by atoms with Gasteiger partial charge in [-0.15, -0.1) is 0 Å². The van der Waals surface area contributed by atoms with E-state index in [9.17, 15) is 4.79 Å². The molecule has 0 bridgehead atoms. The van der Waals surface area contributed by atoms with Crippen LogP contribution in [0.2, 0.25) is 0 Å². The molecule has 0 aromatic rings. The Bertz CT molecular complexity index is 244. The van der Waals surface area contributed by atoms with Gasteiger partial charge in [0, 0.05) is 5.41 Å². The van der Waals surface area contributed by atoms with Gasteiger partial charge in [-0.25, -0.2) is 0 Å². The van der Waals surface area contributed by atoms with Crippen molar-refractivity contribution in [1.82, 2.24) is 0 Å². The number of thioether (sulfide) groups is 1. The van der Waals surface area contributed by atoms with Crippen molar-refractivity contribution in [3.8, 4) is 0 Å². The molecule has 2 atom stereocenters. The summed E-state index contributed by atoms with van der Waals surface area (Å²) in [5.74, 6) is -0.00299. The average molecular weight is 230 g/mol. The number of carbonyl (C=O) groups excluding carboxylic acids is 1. The van der Waals surface area contributed by atoms with E-state index in [1.807, 2.05) is 0 Å². The molecule has 2 nitrogen and oxygen atoms in total. The Morgan fingerprint density at radius 3 is 2.33 bits per heavy atom. The first kappa shape index (κ1) is 12.9. The van der Waals surface area contributed by atoms with Crippen LogP contribution in [0.25, 0.3) is 0 Å². The van der Waals surface area contributed by atoms with E-state index in [4.69, 9.17) is 4.74 Å². The predicted octanol–water partition coefficient (Wildman–Crippen LogP) is 3.60. The van der Waals surface area contributed by atoms with Crippen LogP contribution < -0.4 is 0 Å². The molecule has 0 aromatic carbocycles. The SMILES string of the molecule is CCC[C@@]1(CC)S[C@H](C(C)(C)C)OC1=O. The van der Waals surface area contributed by atoms with Gasteiger partial charge in [0.2, 0.25) is 0 Å². The van der Waals surface area contributed by atoms with Gasteiger partial charge in [-0.1, -0.05) is 52.8 Å². The Morgan fingerprint density at radius 2 is 2.00 bits per heavy atom. The molecule has 0 aliphatic carbocycles. The molecular formula is C12H22O2S. The third-order valence-electron chi connectivity index (χ3n) is 2.85. The second kappa shape index (κ2) is 4.36. The number of rotatable bonds is 3. The fourth-order valence-corrected chi connectivity index (χ4v) is 3.34. The summed E-state index contributed by atoms with van der Waals surface area (Å²) in [7, 11) is 0. The Kier molecular flexibility index (Phi) is 3.75. The normalized spacial score (nSPS) is 31.8. The molecular weight excluding hydrogens is 208 g/mol. The van der Waals surface area contributed by atoms with Gasteiger partial charge in [0.05, 0.1) is 0 Å². The van der Waals surface area contributed by atoms with Crippen molar-refractivity contribution in [2.75, 3.05) is 0 Å². The smallest absolute Gasteiger partial charge is 0.323 e. The molecule has 1 fully saturated rings. The topological polar surface area (TPSA) is 26.3 Å². The van der Waals surface area contributed by atoms with E-state index in [2.05, 4.69) is 34.6 Å². The fraction of sp³-hybridized carbons (Fsp3) is 0.917. The quantitative estimate of drug-likeness (QED) is 0.693. The largest absolute Gasteiger partial charge is 0.450 e. The van der Waals surface area contributed by atoms with Crippen LogP contribution in [-0.4, -0.2) is 16.2 Å². The molecule has 0 aromatic heterocycles. The molecule has 3 heteroatoms. The summed E-state index contributed by atoms with van der Waals surface area (Å²) in [6.07, 6.45) is 2.84. The summed E-state index contributed by atoms with van der Waals surface area (Å²) in [6.45, 7) is 10.6. The van der Waals surface area contributed by atoms with Crippen LogP contribution in [0.3, 0.4) is 0 Å². The van der Waals surface area contributed by atoms with E-state index < -0.39 is 0 Å². The zero-order valence-electron chi connectivity index (χ0n) is 10.4. The van der Waals surface area contributed by atoms with Crippen molar-refractivity contribution in [2.45, 2.75) is 64.1 Å². The first-order chi connectivity index (χ1) is 6.85. The number of carbonyl (C=O) groups is 1.